The van der Waals surface area contributed by atoms with Crippen LogP contribution >= 0.6 is 20.8 Å². The smallest absolute Gasteiger partial charge is 0.0603 e. The molecule has 2 aliphatic heterocycles. The van der Waals surface area contributed by atoms with Crippen molar-refractivity contribution in [2.45, 2.75) is 6.42 Å². The van der Waals surface area contributed by atoms with Crippen LogP contribution in [0.3, 0.4) is 0 Å². The lowest BCUT2D eigenvalue weighted by Gasteiger charge is -2.24. The Hall–Kier alpha value is 0.770. The maximum atomic E-state index is 5.29. The molecule has 0 saturated carbocycles. The van der Waals surface area contributed by atoms with E-state index in [0.29, 0.717) is 9.72 Å². The zero-order chi connectivity index (χ0) is 8.93. The van der Waals surface area contributed by atoms with E-state index in [1.165, 1.54) is 12.2 Å². The lowest BCUT2D eigenvalue weighted by molar-refractivity contribution is 0.0779. The SMILES string of the molecule is C1CN=S(SSN2CCOCC2)C1. The number of hydrogen-bond donors (Lipinski definition) is 0. The summed E-state index contributed by atoms with van der Waals surface area (Å²) >= 11 is 0. The molecule has 0 aromatic heterocycles. The van der Waals surface area contributed by atoms with Crippen molar-refractivity contribution in [1.82, 2.24) is 4.31 Å². The number of ether oxygens (including phenoxy) is 1. The average Bonchev–Trinajstić information content (AvgIpc) is 2.69. The highest BCUT2D eigenvalue weighted by atomic mass is 33.5. The van der Waals surface area contributed by atoms with E-state index >= 15 is 0 Å². The van der Waals surface area contributed by atoms with E-state index in [1.54, 1.807) is 0 Å². The molecule has 1 fully saturated rings. The van der Waals surface area contributed by atoms with Crippen molar-refractivity contribution in [1.29, 1.82) is 0 Å². The number of nitrogens with zero attached hydrogens (tertiary/aromatic N) is 2. The number of hydrogen-bond acceptors (Lipinski definition) is 5. The molecule has 0 radical (unpaired) electrons. The maximum absolute atomic E-state index is 5.29. The Labute approximate surface area is 89.0 Å². The van der Waals surface area contributed by atoms with Crippen molar-refractivity contribution in [3.8, 4) is 0 Å². The summed E-state index contributed by atoms with van der Waals surface area (Å²) in [6.07, 6.45) is 1.29. The normalized spacial score (nSPS) is 30.3. The number of morpholine rings is 1. The van der Waals surface area contributed by atoms with Gasteiger partial charge in [0.15, 0.2) is 0 Å². The largest absolute Gasteiger partial charge is 0.379 e. The molecule has 1 saturated heterocycles. The molecular weight excluding hydrogens is 224 g/mol. The number of rotatable bonds is 3. The highest BCUT2D eigenvalue weighted by Gasteiger charge is 2.13. The van der Waals surface area contributed by atoms with Crippen molar-refractivity contribution < 1.29 is 4.74 Å². The Kier molecular flexibility index (Phi) is 4.44. The van der Waals surface area contributed by atoms with Crippen LogP contribution in [0.1, 0.15) is 6.42 Å². The monoisotopic (exact) mass is 238 g/mol. The van der Waals surface area contributed by atoms with Gasteiger partial charge in [0.25, 0.3) is 0 Å². The highest BCUT2D eigenvalue weighted by molar-refractivity contribution is 9.05. The summed E-state index contributed by atoms with van der Waals surface area (Å²) in [5.74, 6) is 1.29. The molecule has 76 valence electrons. The Morgan fingerprint density at radius 1 is 1.31 bits per heavy atom. The van der Waals surface area contributed by atoms with Crippen LogP contribution in [0.15, 0.2) is 4.36 Å². The second-order valence-corrected chi connectivity index (χ2v) is 8.26. The summed E-state index contributed by atoms with van der Waals surface area (Å²) in [5.41, 5.74) is 0. The second kappa shape index (κ2) is 5.60. The molecule has 0 bridgehead atoms. The van der Waals surface area contributed by atoms with E-state index in [0.717, 1.165) is 32.8 Å². The van der Waals surface area contributed by atoms with Gasteiger partial charge in [-0.15, -0.1) is 0 Å². The first kappa shape index (κ1) is 10.3. The van der Waals surface area contributed by atoms with Crippen molar-refractivity contribution in [3.63, 3.8) is 0 Å². The predicted octanol–water partition coefficient (Wildman–Crippen LogP) is 1.74. The molecule has 0 aromatic carbocycles. The van der Waals surface area contributed by atoms with Crippen LogP contribution in [0, 0.1) is 0 Å². The minimum Gasteiger partial charge on any atom is -0.379 e. The van der Waals surface area contributed by atoms with Gasteiger partial charge in [-0.2, -0.15) is 0 Å². The Morgan fingerprint density at radius 3 is 2.85 bits per heavy atom. The molecule has 0 spiro atoms. The summed E-state index contributed by atoms with van der Waals surface area (Å²) in [5, 5.41) is 0. The summed E-state index contributed by atoms with van der Waals surface area (Å²) in [6, 6.07) is 0. The van der Waals surface area contributed by atoms with Crippen LogP contribution in [0.2, 0.25) is 0 Å². The molecule has 2 rings (SSSR count). The van der Waals surface area contributed by atoms with Gasteiger partial charge in [0.1, 0.15) is 0 Å². The first-order valence-corrected chi connectivity index (χ1v) is 8.49. The van der Waals surface area contributed by atoms with Crippen LogP contribution in [0.25, 0.3) is 0 Å². The maximum Gasteiger partial charge on any atom is 0.0603 e. The Bertz CT molecular complexity index is 194. The summed E-state index contributed by atoms with van der Waals surface area (Å²) < 4.78 is 12.2. The van der Waals surface area contributed by atoms with Gasteiger partial charge in [-0.05, 0) is 16.1 Å². The zero-order valence-electron chi connectivity index (χ0n) is 7.48. The molecule has 6 heteroatoms. The van der Waals surface area contributed by atoms with Gasteiger partial charge in [-0.3, -0.25) is 4.36 Å². The molecule has 0 aliphatic carbocycles. The fourth-order valence-corrected chi connectivity index (χ4v) is 6.81. The van der Waals surface area contributed by atoms with Crippen LogP contribution < -0.4 is 0 Å². The van der Waals surface area contributed by atoms with Gasteiger partial charge in [-0.1, -0.05) is 0 Å². The summed E-state index contributed by atoms with van der Waals surface area (Å²) in [6.45, 7) is 4.99. The molecule has 0 aromatic rings. The standard InChI is InChI=1S/C7H14N2OS3/c1-2-8-13(7-1)12-11-9-3-5-10-6-4-9/h1-7H2. The third-order valence-corrected chi connectivity index (χ3v) is 7.86. The topological polar surface area (TPSA) is 24.8 Å². The van der Waals surface area contributed by atoms with Crippen molar-refractivity contribution in [3.05, 3.63) is 0 Å². The average molecular weight is 238 g/mol. The van der Waals surface area contributed by atoms with E-state index in [9.17, 15) is 0 Å². The van der Waals surface area contributed by atoms with E-state index in [2.05, 4.69) is 8.67 Å². The molecule has 2 heterocycles. The van der Waals surface area contributed by atoms with Gasteiger partial charge >= 0.3 is 0 Å². The van der Waals surface area contributed by atoms with Gasteiger partial charge < -0.3 is 4.74 Å². The summed E-state index contributed by atoms with van der Waals surface area (Å²) in [4.78, 5) is 0. The minimum absolute atomic E-state index is 0.293. The molecular formula is C7H14N2OS3. The molecule has 1 unspecified atom stereocenters. The summed E-state index contributed by atoms with van der Waals surface area (Å²) in [7, 11) is 4.12. The van der Waals surface area contributed by atoms with Crippen molar-refractivity contribution in [2.75, 3.05) is 38.6 Å². The Morgan fingerprint density at radius 2 is 2.15 bits per heavy atom. The van der Waals surface area contributed by atoms with E-state index in [4.69, 9.17) is 4.74 Å². The van der Waals surface area contributed by atoms with E-state index < -0.39 is 0 Å². The van der Waals surface area contributed by atoms with Gasteiger partial charge in [0.2, 0.25) is 0 Å². The quantitative estimate of drug-likeness (QED) is 0.552. The molecule has 2 aliphatic rings. The minimum atomic E-state index is 0.293. The van der Waals surface area contributed by atoms with Crippen LogP contribution in [-0.4, -0.2) is 42.9 Å². The Balaban J connectivity index is 1.66. The molecule has 3 nitrogen and oxygen atoms in total. The second-order valence-electron chi connectivity index (χ2n) is 2.92. The van der Waals surface area contributed by atoms with E-state index in [1.807, 2.05) is 20.8 Å². The predicted molar refractivity (Wildman–Crippen MR) is 61.7 cm³/mol. The molecule has 0 N–H and O–H groups in total. The van der Waals surface area contributed by atoms with Crippen LogP contribution in [0.5, 0.6) is 0 Å². The molecule has 13 heavy (non-hydrogen) atoms. The van der Waals surface area contributed by atoms with Crippen molar-refractivity contribution >= 4 is 30.5 Å². The molecule has 1 atom stereocenters. The third-order valence-electron chi connectivity index (χ3n) is 1.90. The third kappa shape index (κ3) is 3.43. The van der Waals surface area contributed by atoms with Crippen LogP contribution in [0.4, 0.5) is 0 Å². The van der Waals surface area contributed by atoms with Crippen LogP contribution in [-0.2, 0) is 14.5 Å². The van der Waals surface area contributed by atoms with E-state index in [-0.39, 0.29) is 0 Å². The highest BCUT2D eigenvalue weighted by Crippen LogP contribution is 2.33. The van der Waals surface area contributed by atoms with Gasteiger partial charge in [-0.25, -0.2) is 4.31 Å². The fraction of sp³-hybridized carbons (Fsp3) is 1.00. The lowest BCUT2D eigenvalue weighted by Crippen LogP contribution is -2.30. The lowest BCUT2D eigenvalue weighted by atomic mass is 10.5. The zero-order valence-corrected chi connectivity index (χ0v) is 9.93. The van der Waals surface area contributed by atoms with Gasteiger partial charge in [0.05, 0.1) is 13.2 Å². The van der Waals surface area contributed by atoms with Crippen molar-refractivity contribution in [2.24, 2.45) is 4.36 Å². The first-order chi connectivity index (χ1) is 6.45. The first-order valence-electron chi connectivity index (χ1n) is 4.51. The molecule has 0 amide bonds. The van der Waals surface area contributed by atoms with Gasteiger partial charge in [0, 0.05) is 46.2 Å². The fourth-order valence-electron chi connectivity index (χ4n) is 1.17.